The van der Waals surface area contributed by atoms with Gasteiger partial charge in [-0.05, 0) is 35.4 Å². The van der Waals surface area contributed by atoms with Crippen LogP contribution in [0.5, 0.6) is 0 Å². The predicted molar refractivity (Wildman–Crippen MR) is 81.5 cm³/mol. The normalized spacial score (nSPS) is 10.2. The van der Waals surface area contributed by atoms with Crippen LogP contribution in [-0.4, -0.2) is 4.92 Å². The fraction of sp³-hybridized carbons (Fsp3) is 0.125. The minimum atomic E-state index is -1.03. The van der Waals surface area contributed by atoms with Crippen molar-refractivity contribution >= 4 is 0 Å². The largest absolute Gasteiger partial charge is 0.363 e. The lowest BCUT2D eigenvalue weighted by atomic mass is 10.2. The Morgan fingerprint density at radius 3 is 1.68 bits per heavy atom. The molecule has 0 aliphatic rings. The molecule has 0 unspecified atom stereocenters. The molecular weight excluding hydrogens is 342 g/mol. The van der Waals surface area contributed by atoms with Crippen LogP contribution in [0.4, 0.5) is 17.6 Å². The average Bonchev–Trinajstić information content (AvgIpc) is 2.56. The Morgan fingerprint density at radius 2 is 1.32 bits per heavy atom. The van der Waals surface area contributed by atoms with E-state index in [1.165, 1.54) is 12.1 Å². The number of nitro groups is 1. The summed E-state index contributed by atoms with van der Waals surface area (Å²) in [6.45, 7) is -0.0245. The second-order valence-corrected chi connectivity index (χ2v) is 5.03. The fourth-order valence-corrected chi connectivity index (χ4v) is 1.95. The molecule has 132 valence electrons. The van der Waals surface area contributed by atoms with Crippen LogP contribution in [0, 0.1) is 33.4 Å². The van der Waals surface area contributed by atoms with E-state index in [0.29, 0.717) is 17.3 Å². The van der Waals surface area contributed by atoms with Crippen LogP contribution in [0.3, 0.4) is 0 Å². The number of rotatable bonds is 7. The number of hydrogen-bond acceptors (Lipinski definition) is 4. The Balaban J connectivity index is 2.02. The second kappa shape index (κ2) is 8.13. The van der Waals surface area contributed by atoms with Gasteiger partial charge in [-0.15, -0.1) is 0 Å². The van der Waals surface area contributed by atoms with E-state index in [9.17, 15) is 27.7 Å². The Morgan fingerprint density at radius 1 is 0.880 bits per heavy atom. The molecule has 0 saturated carbocycles. The molecule has 0 saturated heterocycles. The number of nitrogens with zero attached hydrogens (tertiary/aromatic N) is 1. The van der Waals surface area contributed by atoms with Crippen LogP contribution in [0.25, 0.3) is 0 Å². The standard InChI is InChI=1S/C16H13F4N3O2/c17-12-3-1-10(5-14(12)19)7-21-16(9-23(24)25)22-8-11-2-4-13(18)15(20)6-11/h1-6,9,21-22H,7-8H2. The van der Waals surface area contributed by atoms with Crippen molar-refractivity contribution in [3.8, 4) is 0 Å². The van der Waals surface area contributed by atoms with Crippen molar-refractivity contribution in [1.29, 1.82) is 0 Å². The van der Waals surface area contributed by atoms with Crippen LogP contribution in [0.1, 0.15) is 11.1 Å². The minimum Gasteiger partial charge on any atom is -0.363 e. The fourth-order valence-electron chi connectivity index (χ4n) is 1.95. The average molecular weight is 355 g/mol. The maximum absolute atomic E-state index is 13.1. The van der Waals surface area contributed by atoms with Crippen LogP contribution in [-0.2, 0) is 13.1 Å². The van der Waals surface area contributed by atoms with E-state index >= 15 is 0 Å². The zero-order valence-electron chi connectivity index (χ0n) is 12.7. The smallest absolute Gasteiger partial charge is 0.274 e. The molecule has 5 nitrogen and oxygen atoms in total. The van der Waals surface area contributed by atoms with Crippen LogP contribution in [0.15, 0.2) is 48.4 Å². The van der Waals surface area contributed by atoms with Crippen molar-refractivity contribution in [3.63, 3.8) is 0 Å². The highest BCUT2D eigenvalue weighted by Crippen LogP contribution is 2.10. The van der Waals surface area contributed by atoms with Gasteiger partial charge in [-0.1, -0.05) is 12.1 Å². The molecule has 0 amide bonds. The molecule has 0 aromatic heterocycles. The van der Waals surface area contributed by atoms with E-state index in [1.807, 2.05) is 0 Å². The molecular formula is C16H13F4N3O2. The number of benzene rings is 2. The van der Waals surface area contributed by atoms with Crippen molar-refractivity contribution < 1.29 is 22.5 Å². The molecule has 2 aromatic carbocycles. The first-order chi connectivity index (χ1) is 11.8. The van der Waals surface area contributed by atoms with Crippen molar-refractivity contribution in [1.82, 2.24) is 10.6 Å². The Hall–Kier alpha value is -3.10. The molecule has 0 aliphatic carbocycles. The summed E-state index contributed by atoms with van der Waals surface area (Å²) >= 11 is 0. The molecule has 0 radical (unpaired) electrons. The van der Waals surface area contributed by atoms with Gasteiger partial charge >= 0.3 is 0 Å². The summed E-state index contributed by atoms with van der Waals surface area (Å²) < 4.78 is 52.0. The highest BCUT2D eigenvalue weighted by Gasteiger charge is 2.07. The molecule has 25 heavy (non-hydrogen) atoms. The van der Waals surface area contributed by atoms with Crippen molar-refractivity contribution in [2.75, 3.05) is 0 Å². The molecule has 0 aliphatic heterocycles. The molecule has 9 heteroatoms. The topological polar surface area (TPSA) is 67.2 Å². The zero-order valence-corrected chi connectivity index (χ0v) is 12.7. The monoisotopic (exact) mass is 355 g/mol. The van der Waals surface area contributed by atoms with Crippen molar-refractivity contribution in [3.05, 3.63) is 92.9 Å². The Bertz CT molecular complexity index is 754. The van der Waals surface area contributed by atoms with Gasteiger partial charge in [-0.3, -0.25) is 10.1 Å². The second-order valence-electron chi connectivity index (χ2n) is 5.03. The Labute approximate surface area is 140 Å². The molecule has 2 rings (SSSR count). The van der Waals surface area contributed by atoms with E-state index in [1.54, 1.807) is 0 Å². The maximum atomic E-state index is 13.1. The van der Waals surface area contributed by atoms with Gasteiger partial charge in [0.2, 0.25) is 0 Å². The van der Waals surface area contributed by atoms with Crippen LogP contribution >= 0.6 is 0 Å². The lowest BCUT2D eigenvalue weighted by molar-refractivity contribution is -0.404. The van der Waals surface area contributed by atoms with Crippen LogP contribution in [0.2, 0.25) is 0 Å². The third kappa shape index (κ3) is 5.48. The highest BCUT2D eigenvalue weighted by molar-refractivity contribution is 5.20. The van der Waals surface area contributed by atoms with E-state index in [-0.39, 0.29) is 18.9 Å². The third-order valence-electron chi connectivity index (χ3n) is 3.17. The molecule has 0 bridgehead atoms. The maximum Gasteiger partial charge on any atom is 0.274 e. The molecule has 2 N–H and O–H groups in total. The number of hydrogen-bond donors (Lipinski definition) is 2. The molecule has 2 aromatic rings. The summed E-state index contributed by atoms with van der Waals surface area (Å²) in [7, 11) is 0. The first kappa shape index (κ1) is 18.2. The van der Waals surface area contributed by atoms with Crippen molar-refractivity contribution in [2.24, 2.45) is 0 Å². The minimum absolute atomic E-state index is 0.0122. The molecule has 0 fully saturated rings. The zero-order chi connectivity index (χ0) is 18.4. The first-order valence-corrected chi connectivity index (χ1v) is 7.06. The van der Waals surface area contributed by atoms with Crippen molar-refractivity contribution in [2.45, 2.75) is 13.1 Å². The quantitative estimate of drug-likeness (QED) is 0.455. The van der Waals surface area contributed by atoms with E-state index in [0.717, 1.165) is 24.3 Å². The summed E-state index contributed by atoms with van der Waals surface area (Å²) in [5.41, 5.74) is 0.727. The van der Waals surface area contributed by atoms with Gasteiger partial charge in [0.25, 0.3) is 6.20 Å². The Kier molecular flexibility index (Phi) is 5.93. The third-order valence-corrected chi connectivity index (χ3v) is 3.17. The van der Waals surface area contributed by atoms with Gasteiger partial charge in [-0.2, -0.15) is 0 Å². The van der Waals surface area contributed by atoms with Gasteiger partial charge in [0.15, 0.2) is 29.1 Å². The highest BCUT2D eigenvalue weighted by atomic mass is 19.2. The molecule has 0 spiro atoms. The molecule has 0 heterocycles. The summed E-state index contributed by atoms with van der Waals surface area (Å²) in [4.78, 5) is 9.94. The van der Waals surface area contributed by atoms with Gasteiger partial charge in [-0.25, -0.2) is 17.6 Å². The first-order valence-electron chi connectivity index (χ1n) is 7.06. The van der Waals surface area contributed by atoms with E-state index in [4.69, 9.17) is 0 Å². The van der Waals surface area contributed by atoms with Crippen LogP contribution < -0.4 is 10.6 Å². The van der Waals surface area contributed by atoms with E-state index < -0.39 is 28.2 Å². The number of halogens is 4. The van der Waals surface area contributed by atoms with Gasteiger partial charge < -0.3 is 10.6 Å². The lowest BCUT2D eigenvalue weighted by Crippen LogP contribution is -2.27. The predicted octanol–water partition coefficient (Wildman–Crippen LogP) is 3.20. The van der Waals surface area contributed by atoms with E-state index in [2.05, 4.69) is 10.6 Å². The summed E-state index contributed by atoms with van der Waals surface area (Å²) in [6.07, 6.45) is 0.639. The summed E-state index contributed by atoms with van der Waals surface area (Å²) in [5.74, 6) is -4.09. The SMILES string of the molecule is O=[N+]([O-])C=C(NCc1ccc(F)c(F)c1)NCc1ccc(F)c(F)c1. The van der Waals surface area contributed by atoms with Gasteiger partial charge in [0, 0.05) is 13.1 Å². The lowest BCUT2D eigenvalue weighted by Gasteiger charge is -2.12. The summed E-state index contributed by atoms with van der Waals surface area (Å²) in [5, 5.41) is 16.0. The van der Waals surface area contributed by atoms with Gasteiger partial charge in [0.1, 0.15) is 0 Å². The molecule has 0 atom stereocenters. The summed E-state index contributed by atoms with van der Waals surface area (Å²) in [6, 6.07) is 6.45. The number of nitrogens with one attached hydrogen (secondary N) is 2. The van der Waals surface area contributed by atoms with Gasteiger partial charge in [0.05, 0.1) is 4.92 Å².